The standard InChI is InChI=1S/C19H23NO8/c1-4-27-17(22)15-13(21)10-19(3,24)16(18(23)28-5-2)14(15)11-6-8-12(9-7-11)20(25)26/h6-9,14-16,24H,4-5,10H2,1-3H3/t14-,15+,16-,19-/m0/s1. The van der Waals surface area contributed by atoms with Gasteiger partial charge in [-0.05, 0) is 26.3 Å². The molecule has 0 heterocycles. The summed E-state index contributed by atoms with van der Waals surface area (Å²) in [6, 6.07) is 5.17. The second kappa shape index (κ2) is 8.47. The molecule has 0 saturated heterocycles. The first-order valence-electron chi connectivity index (χ1n) is 8.96. The Labute approximate surface area is 161 Å². The lowest BCUT2D eigenvalue weighted by molar-refractivity contribution is -0.384. The Morgan fingerprint density at radius 2 is 1.71 bits per heavy atom. The molecule has 1 aliphatic carbocycles. The van der Waals surface area contributed by atoms with Crippen LogP contribution in [-0.2, 0) is 23.9 Å². The van der Waals surface area contributed by atoms with Crippen molar-refractivity contribution >= 4 is 23.4 Å². The van der Waals surface area contributed by atoms with Gasteiger partial charge in [0.15, 0.2) is 5.78 Å². The fraction of sp³-hybridized carbons (Fsp3) is 0.526. The van der Waals surface area contributed by atoms with E-state index < -0.39 is 52.4 Å². The minimum atomic E-state index is -1.75. The SMILES string of the molecule is CCOC(=O)[C@@H]1C(=O)C[C@](C)(O)[C@H](C(=O)OCC)[C@H]1c1ccc([N+](=O)[O-])cc1. The highest BCUT2D eigenvalue weighted by atomic mass is 16.6. The van der Waals surface area contributed by atoms with E-state index in [0.717, 1.165) is 0 Å². The van der Waals surface area contributed by atoms with E-state index in [1.807, 2.05) is 0 Å². The number of ether oxygens (including phenoxy) is 2. The fourth-order valence-corrected chi connectivity index (χ4v) is 3.70. The Kier molecular flexibility index (Phi) is 6.50. The molecule has 1 aromatic rings. The van der Waals surface area contributed by atoms with Crippen LogP contribution in [0.5, 0.6) is 0 Å². The van der Waals surface area contributed by atoms with E-state index >= 15 is 0 Å². The molecule has 0 bridgehead atoms. The lowest BCUT2D eigenvalue weighted by atomic mass is 9.61. The molecule has 1 aliphatic rings. The predicted octanol–water partition coefficient (Wildman–Crippen LogP) is 1.76. The van der Waals surface area contributed by atoms with E-state index in [0.29, 0.717) is 5.56 Å². The Bertz CT molecular complexity index is 771. The molecule has 9 nitrogen and oxygen atoms in total. The molecule has 0 aromatic heterocycles. The van der Waals surface area contributed by atoms with Gasteiger partial charge in [0.1, 0.15) is 5.92 Å². The first kappa shape index (κ1) is 21.5. The summed E-state index contributed by atoms with van der Waals surface area (Å²) in [7, 11) is 0. The molecule has 1 aromatic carbocycles. The average molecular weight is 393 g/mol. The second-order valence-electron chi connectivity index (χ2n) is 6.83. The van der Waals surface area contributed by atoms with Crippen molar-refractivity contribution in [3.05, 3.63) is 39.9 Å². The summed E-state index contributed by atoms with van der Waals surface area (Å²) in [5.41, 5.74) is -1.60. The van der Waals surface area contributed by atoms with Crippen LogP contribution in [0.4, 0.5) is 5.69 Å². The van der Waals surface area contributed by atoms with Crippen LogP contribution in [0.3, 0.4) is 0 Å². The molecule has 0 radical (unpaired) electrons. The number of nitro benzene ring substituents is 1. The summed E-state index contributed by atoms with van der Waals surface area (Å²) in [6.45, 7) is 4.62. The van der Waals surface area contributed by atoms with E-state index in [-0.39, 0.29) is 18.9 Å². The highest BCUT2D eigenvalue weighted by Crippen LogP contribution is 2.46. The second-order valence-corrected chi connectivity index (χ2v) is 6.83. The average Bonchev–Trinajstić information content (AvgIpc) is 2.60. The number of Topliss-reactive ketones (excluding diaryl/α,β-unsaturated/α-hetero) is 1. The number of carbonyl (C=O) groups excluding carboxylic acids is 3. The number of hydrogen-bond acceptors (Lipinski definition) is 8. The lowest BCUT2D eigenvalue weighted by Crippen LogP contribution is -2.55. The molecular weight excluding hydrogens is 370 g/mol. The third-order valence-electron chi connectivity index (χ3n) is 4.84. The van der Waals surface area contributed by atoms with Crippen molar-refractivity contribution in [3.63, 3.8) is 0 Å². The minimum absolute atomic E-state index is 0.0378. The summed E-state index contributed by atoms with van der Waals surface area (Å²) in [4.78, 5) is 48.2. The van der Waals surface area contributed by atoms with Crippen LogP contribution in [-0.4, -0.2) is 46.6 Å². The molecule has 28 heavy (non-hydrogen) atoms. The molecule has 4 atom stereocenters. The lowest BCUT2D eigenvalue weighted by Gasteiger charge is -2.43. The summed E-state index contributed by atoms with van der Waals surface area (Å²) in [5, 5.41) is 21.7. The van der Waals surface area contributed by atoms with Gasteiger partial charge in [0.05, 0.1) is 29.7 Å². The number of nitrogens with zero attached hydrogens (tertiary/aromatic N) is 1. The van der Waals surface area contributed by atoms with Crippen molar-refractivity contribution in [2.75, 3.05) is 13.2 Å². The number of non-ortho nitro benzene ring substituents is 1. The van der Waals surface area contributed by atoms with Gasteiger partial charge >= 0.3 is 11.9 Å². The van der Waals surface area contributed by atoms with E-state index in [9.17, 15) is 29.6 Å². The molecule has 152 valence electrons. The van der Waals surface area contributed by atoms with Crippen molar-refractivity contribution in [2.45, 2.75) is 38.7 Å². The zero-order chi connectivity index (χ0) is 21.1. The van der Waals surface area contributed by atoms with Crippen LogP contribution in [0.25, 0.3) is 0 Å². The molecule has 9 heteroatoms. The number of hydrogen-bond donors (Lipinski definition) is 1. The van der Waals surface area contributed by atoms with Crippen LogP contribution in [0, 0.1) is 22.0 Å². The van der Waals surface area contributed by atoms with Gasteiger partial charge in [-0.1, -0.05) is 12.1 Å². The van der Waals surface area contributed by atoms with Crippen LogP contribution >= 0.6 is 0 Å². The maximum Gasteiger partial charge on any atom is 0.317 e. The van der Waals surface area contributed by atoms with E-state index in [1.165, 1.54) is 31.2 Å². The molecule has 0 amide bonds. The monoisotopic (exact) mass is 393 g/mol. The quantitative estimate of drug-likeness (QED) is 0.334. The van der Waals surface area contributed by atoms with Gasteiger partial charge in [-0.2, -0.15) is 0 Å². The third-order valence-corrected chi connectivity index (χ3v) is 4.84. The molecule has 1 N–H and O–H groups in total. The molecule has 1 saturated carbocycles. The van der Waals surface area contributed by atoms with Crippen LogP contribution in [0.2, 0.25) is 0 Å². The summed E-state index contributed by atoms with van der Waals surface area (Å²) in [6.07, 6.45) is -0.413. The van der Waals surface area contributed by atoms with E-state index in [1.54, 1.807) is 13.8 Å². The van der Waals surface area contributed by atoms with Gasteiger partial charge in [-0.3, -0.25) is 24.5 Å². The normalized spacial score (nSPS) is 27.1. The van der Waals surface area contributed by atoms with Gasteiger partial charge in [0.2, 0.25) is 0 Å². The van der Waals surface area contributed by atoms with Crippen LogP contribution in [0.1, 0.15) is 38.7 Å². The summed E-state index contributed by atoms with van der Waals surface area (Å²) >= 11 is 0. The zero-order valence-corrected chi connectivity index (χ0v) is 15.9. The molecule has 0 aliphatic heterocycles. The van der Waals surface area contributed by atoms with Crippen molar-refractivity contribution < 1.29 is 33.9 Å². The fourth-order valence-electron chi connectivity index (χ4n) is 3.70. The Morgan fingerprint density at radius 3 is 2.21 bits per heavy atom. The number of aliphatic hydroxyl groups is 1. The van der Waals surface area contributed by atoms with Gasteiger partial charge < -0.3 is 14.6 Å². The maximum atomic E-state index is 12.7. The first-order chi connectivity index (χ1) is 13.1. The van der Waals surface area contributed by atoms with Crippen molar-refractivity contribution in [1.82, 2.24) is 0 Å². The minimum Gasteiger partial charge on any atom is -0.466 e. The van der Waals surface area contributed by atoms with Gasteiger partial charge in [-0.15, -0.1) is 0 Å². The molecule has 0 spiro atoms. The van der Waals surface area contributed by atoms with Gasteiger partial charge in [-0.25, -0.2) is 0 Å². The van der Waals surface area contributed by atoms with Gasteiger partial charge in [0.25, 0.3) is 5.69 Å². The largest absolute Gasteiger partial charge is 0.466 e. The zero-order valence-electron chi connectivity index (χ0n) is 15.9. The number of esters is 2. The topological polar surface area (TPSA) is 133 Å². The summed E-state index contributed by atoms with van der Waals surface area (Å²) < 4.78 is 10.1. The highest BCUT2D eigenvalue weighted by Gasteiger charge is 2.57. The molecule has 0 unspecified atom stereocenters. The molecule has 2 rings (SSSR count). The van der Waals surface area contributed by atoms with Crippen molar-refractivity contribution in [1.29, 1.82) is 0 Å². The van der Waals surface area contributed by atoms with E-state index in [2.05, 4.69) is 0 Å². The van der Waals surface area contributed by atoms with Gasteiger partial charge in [0, 0.05) is 24.5 Å². The molecular formula is C19H23NO8. The predicted molar refractivity (Wildman–Crippen MR) is 96.3 cm³/mol. The first-order valence-corrected chi connectivity index (χ1v) is 8.96. The van der Waals surface area contributed by atoms with E-state index in [4.69, 9.17) is 9.47 Å². The highest BCUT2D eigenvalue weighted by molar-refractivity contribution is 6.02. The van der Waals surface area contributed by atoms with Crippen LogP contribution in [0.15, 0.2) is 24.3 Å². The third kappa shape index (κ3) is 4.19. The molecule has 1 fully saturated rings. The van der Waals surface area contributed by atoms with Crippen molar-refractivity contribution in [2.24, 2.45) is 11.8 Å². The van der Waals surface area contributed by atoms with Crippen molar-refractivity contribution in [3.8, 4) is 0 Å². The number of ketones is 1. The Hall–Kier alpha value is -2.81. The summed E-state index contributed by atoms with van der Waals surface area (Å²) in [5.74, 6) is -5.74. The number of nitro groups is 1. The number of benzene rings is 1. The Morgan fingerprint density at radius 1 is 1.18 bits per heavy atom. The maximum absolute atomic E-state index is 12.7. The number of rotatable bonds is 6. The number of carbonyl (C=O) groups is 3. The van der Waals surface area contributed by atoms with Crippen LogP contribution < -0.4 is 0 Å². The Balaban J connectivity index is 2.61. The smallest absolute Gasteiger partial charge is 0.317 e.